The summed E-state index contributed by atoms with van der Waals surface area (Å²) in [5.74, 6) is -0.382. The van der Waals surface area contributed by atoms with Crippen LogP contribution in [0.15, 0.2) is 71.6 Å². The molecule has 0 unspecified atom stereocenters. The number of rotatable bonds is 8. The van der Waals surface area contributed by atoms with Crippen molar-refractivity contribution >= 4 is 33.2 Å². The van der Waals surface area contributed by atoms with Crippen LogP contribution in [0, 0.1) is 20.8 Å². The number of amides is 1. The van der Waals surface area contributed by atoms with Crippen molar-refractivity contribution < 1.29 is 13.2 Å². The van der Waals surface area contributed by atoms with Crippen molar-refractivity contribution in [2.75, 3.05) is 10.8 Å². The van der Waals surface area contributed by atoms with Gasteiger partial charge >= 0.3 is 0 Å². The minimum Gasteiger partial charge on any atom is -0.348 e. The molecule has 5 nitrogen and oxygen atoms in total. The van der Waals surface area contributed by atoms with Crippen LogP contribution in [-0.4, -0.2) is 20.9 Å². The summed E-state index contributed by atoms with van der Waals surface area (Å²) in [7, 11) is -3.98. The third-order valence-electron chi connectivity index (χ3n) is 5.55. The molecule has 0 aromatic heterocycles. The summed E-state index contributed by atoms with van der Waals surface area (Å²) in [5, 5.41) is 3.49. The summed E-state index contributed by atoms with van der Waals surface area (Å²) < 4.78 is 28.3. The van der Waals surface area contributed by atoms with Crippen molar-refractivity contribution in [2.45, 2.75) is 45.1 Å². The van der Waals surface area contributed by atoms with Gasteiger partial charge in [0.05, 0.1) is 16.6 Å². The largest absolute Gasteiger partial charge is 0.348 e. The molecule has 0 fully saturated rings. The zero-order valence-electron chi connectivity index (χ0n) is 19.3. The fourth-order valence-corrected chi connectivity index (χ4v) is 5.34. The van der Waals surface area contributed by atoms with Crippen molar-refractivity contribution in [1.82, 2.24) is 5.32 Å². The maximum Gasteiger partial charge on any atom is 0.264 e. The minimum absolute atomic E-state index is 0.126. The Labute approximate surface area is 201 Å². The van der Waals surface area contributed by atoms with E-state index in [2.05, 4.69) is 5.32 Å². The van der Waals surface area contributed by atoms with E-state index in [4.69, 9.17) is 11.6 Å². The summed E-state index contributed by atoms with van der Waals surface area (Å²) >= 11 is 6.10. The number of sulfonamides is 1. The van der Waals surface area contributed by atoms with E-state index in [1.807, 2.05) is 45.0 Å². The van der Waals surface area contributed by atoms with Crippen LogP contribution >= 0.6 is 11.6 Å². The van der Waals surface area contributed by atoms with Crippen LogP contribution in [0.25, 0.3) is 0 Å². The summed E-state index contributed by atoms with van der Waals surface area (Å²) in [6.07, 6.45) is 0.680. The van der Waals surface area contributed by atoms with Gasteiger partial charge in [-0.2, -0.15) is 0 Å². The van der Waals surface area contributed by atoms with Gasteiger partial charge in [-0.15, -0.1) is 0 Å². The highest BCUT2D eigenvalue weighted by molar-refractivity contribution is 7.92. The first kappa shape index (κ1) is 24.8. The molecule has 0 saturated heterocycles. The van der Waals surface area contributed by atoms with Crippen LogP contribution < -0.4 is 9.62 Å². The minimum atomic E-state index is -3.98. The van der Waals surface area contributed by atoms with E-state index in [0.29, 0.717) is 22.7 Å². The number of nitrogens with zero attached hydrogens (tertiary/aromatic N) is 1. The number of anilines is 1. The van der Waals surface area contributed by atoms with Gasteiger partial charge in [-0.3, -0.25) is 9.10 Å². The molecule has 3 aromatic carbocycles. The number of halogens is 1. The second-order valence-corrected chi connectivity index (χ2v) is 10.5. The number of benzene rings is 3. The molecule has 0 aliphatic heterocycles. The van der Waals surface area contributed by atoms with Crippen molar-refractivity contribution in [3.63, 3.8) is 0 Å². The van der Waals surface area contributed by atoms with Crippen molar-refractivity contribution in [1.29, 1.82) is 0 Å². The molecule has 0 aliphatic carbocycles. The SMILES string of the molecule is CC[C@H](NC(=O)CN(c1ccc(Cl)cc1C)S(=O)(=O)c1ccc(C)cc1)c1ccc(C)cc1. The maximum absolute atomic E-state index is 13.6. The molecule has 0 heterocycles. The molecule has 1 atom stereocenters. The first-order chi connectivity index (χ1) is 15.6. The quantitative estimate of drug-likeness (QED) is 0.444. The number of carbonyl (C=O) groups excluding carboxylic acids is 1. The molecule has 0 bridgehead atoms. The van der Waals surface area contributed by atoms with Crippen LogP contribution in [0.5, 0.6) is 0 Å². The lowest BCUT2D eigenvalue weighted by Crippen LogP contribution is -2.42. The van der Waals surface area contributed by atoms with Gasteiger partial charge in [0, 0.05) is 5.02 Å². The van der Waals surface area contributed by atoms with Crippen LogP contribution in [0.1, 0.15) is 41.6 Å². The first-order valence-corrected chi connectivity index (χ1v) is 12.6. The summed E-state index contributed by atoms with van der Waals surface area (Å²) in [6.45, 7) is 7.31. The zero-order chi connectivity index (χ0) is 24.2. The average Bonchev–Trinajstić information content (AvgIpc) is 2.77. The lowest BCUT2D eigenvalue weighted by Gasteiger charge is -2.27. The lowest BCUT2D eigenvalue weighted by atomic mass is 10.0. The molecule has 1 N–H and O–H groups in total. The van der Waals surface area contributed by atoms with Gasteiger partial charge in [0.1, 0.15) is 6.54 Å². The zero-order valence-corrected chi connectivity index (χ0v) is 20.9. The van der Waals surface area contributed by atoms with Crippen LogP contribution in [0.2, 0.25) is 5.02 Å². The fraction of sp³-hybridized carbons (Fsp3) is 0.269. The molecule has 0 aliphatic rings. The highest BCUT2D eigenvalue weighted by Crippen LogP contribution is 2.29. The molecule has 0 saturated carbocycles. The topological polar surface area (TPSA) is 66.5 Å². The van der Waals surface area contributed by atoms with Crippen molar-refractivity contribution in [2.24, 2.45) is 0 Å². The Kier molecular flexibility index (Phi) is 7.82. The van der Waals surface area contributed by atoms with Gasteiger partial charge in [-0.25, -0.2) is 8.42 Å². The summed E-state index contributed by atoms with van der Waals surface area (Å²) in [4.78, 5) is 13.2. The van der Waals surface area contributed by atoms with Gasteiger partial charge in [-0.05, 0) is 68.7 Å². The molecule has 3 aromatic rings. The lowest BCUT2D eigenvalue weighted by molar-refractivity contribution is -0.120. The average molecular weight is 485 g/mol. The smallest absolute Gasteiger partial charge is 0.264 e. The third kappa shape index (κ3) is 5.95. The molecular formula is C26H29ClN2O3S. The van der Waals surface area contributed by atoms with Gasteiger partial charge in [0.2, 0.25) is 5.91 Å². The molecule has 7 heteroatoms. The van der Waals surface area contributed by atoms with Gasteiger partial charge in [0.25, 0.3) is 10.0 Å². The Balaban J connectivity index is 1.94. The standard InChI is InChI=1S/C26H29ClN2O3S/c1-5-24(21-10-6-18(2)7-11-21)28-26(30)17-29(25-15-12-22(27)16-20(25)4)33(31,32)23-13-8-19(3)9-14-23/h6-16,24H,5,17H2,1-4H3,(H,28,30)/t24-/m0/s1. The summed E-state index contributed by atoms with van der Waals surface area (Å²) in [5.41, 5.74) is 4.14. The van der Waals surface area contributed by atoms with E-state index in [1.165, 1.54) is 0 Å². The van der Waals surface area contributed by atoms with E-state index < -0.39 is 10.0 Å². The molecule has 3 rings (SSSR count). The fourth-order valence-electron chi connectivity index (χ4n) is 3.63. The van der Waals surface area contributed by atoms with E-state index in [1.54, 1.807) is 49.4 Å². The molecule has 33 heavy (non-hydrogen) atoms. The number of nitrogens with one attached hydrogen (secondary N) is 1. The molecule has 174 valence electrons. The van der Waals surface area contributed by atoms with Gasteiger partial charge in [0.15, 0.2) is 0 Å². The monoisotopic (exact) mass is 484 g/mol. The Bertz CT molecular complexity index is 1220. The molecule has 1 amide bonds. The van der Waals surface area contributed by atoms with E-state index in [0.717, 1.165) is 21.0 Å². The number of hydrogen-bond donors (Lipinski definition) is 1. The summed E-state index contributed by atoms with van der Waals surface area (Å²) in [6, 6.07) is 19.3. The number of aryl methyl sites for hydroxylation is 3. The third-order valence-corrected chi connectivity index (χ3v) is 7.56. The van der Waals surface area contributed by atoms with Crippen LogP contribution in [-0.2, 0) is 14.8 Å². The molecule has 0 spiro atoms. The van der Waals surface area contributed by atoms with Crippen molar-refractivity contribution in [3.8, 4) is 0 Å². The predicted molar refractivity (Wildman–Crippen MR) is 134 cm³/mol. The Morgan fingerprint density at radius 1 is 0.939 bits per heavy atom. The van der Waals surface area contributed by atoms with Gasteiger partial charge in [-0.1, -0.05) is 66.0 Å². The number of hydrogen-bond acceptors (Lipinski definition) is 3. The molecule has 0 radical (unpaired) electrons. The van der Waals surface area contributed by atoms with Crippen LogP contribution in [0.4, 0.5) is 5.69 Å². The number of carbonyl (C=O) groups is 1. The highest BCUT2D eigenvalue weighted by Gasteiger charge is 2.29. The van der Waals surface area contributed by atoms with E-state index in [9.17, 15) is 13.2 Å². The second-order valence-electron chi connectivity index (χ2n) is 8.19. The van der Waals surface area contributed by atoms with E-state index in [-0.39, 0.29) is 23.4 Å². The first-order valence-electron chi connectivity index (χ1n) is 10.8. The van der Waals surface area contributed by atoms with E-state index >= 15 is 0 Å². The van der Waals surface area contributed by atoms with Crippen molar-refractivity contribution in [3.05, 3.63) is 94.0 Å². The maximum atomic E-state index is 13.6. The van der Waals surface area contributed by atoms with Gasteiger partial charge < -0.3 is 5.32 Å². The second kappa shape index (κ2) is 10.4. The normalized spacial score (nSPS) is 12.3. The molecular weight excluding hydrogens is 456 g/mol. The van der Waals surface area contributed by atoms with Crippen LogP contribution in [0.3, 0.4) is 0 Å². The Hall–Kier alpha value is -2.83. The Morgan fingerprint density at radius 3 is 2.06 bits per heavy atom. The highest BCUT2D eigenvalue weighted by atomic mass is 35.5. The predicted octanol–water partition coefficient (Wildman–Crippen LogP) is 5.73. The Morgan fingerprint density at radius 2 is 1.52 bits per heavy atom.